The van der Waals surface area contributed by atoms with E-state index in [-0.39, 0.29) is 24.2 Å². The molecule has 0 aliphatic carbocycles. The molecule has 0 spiro atoms. The molecular weight excluding hydrogens is 536 g/mol. The zero-order chi connectivity index (χ0) is 28.2. The molecule has 0 radical (unpaired) electrons. The molecule has 11 heteroatoms. The molecule has 3 heterocycles. The number of benzene rings is 2. The van der Waals surface area contributed by atoms with Gasteiger partial charge in [-0.2, -0.15) is 5.11 Å². The third kappa shape index (κ3) is 5.74. The molecule has 0 amide bonds. The number of carbonyl (C=O) groups excluding carboxylic acids is 1. The number of fused-ring (bicyclic) bond motifs is 3. The number of hydrogen-bond acceptors (Lipinski definition) is 9. The van der Waals surface area contributed by atoms with Gasteiger partial charge >= 0.3 is 5.97 Å². The second-order valence-electron chi connectivity index (χ2n) is 9.29. The first kappa shape index (κ1) is 27.4. The molecule has 0 fully saturated rings. The van der Waals surface area contributed by atoms with E-state index in [9.17, 15) is 13.6 Å². The van der Waals surface area contributed by atoms with Gasteiger partial charge in [0.25, 0.3) is 0 Å². The van der Waals surface area contributed by atoms with E-state index in [0.29, 0.717) is 28.9 Å². The molecule has 0 bridgehead atoms. The number of aromatic nitrogens is 2. The van der Waals surface area contributed by atoms with Crippen molar-refractivity contribution in [2.45, 2.75) is 31.4 Å². The predicted molar refractivity (Wildman–Crippen MR) is 149 cm³/mol. The van der Waals surface area contributed by atoms with Gasteiger partial charge in [-0.05, 0) is 48.4 Å². The minimum atomic E-state index is -0.949. The van der Waals surface area contributed by atoms with E-state index < -0.39 is 23.6 Å². The molecule has 0 saturated carbocycles. The minimum absolute atomic E-state index is 0.131. The van der Waals surface area contributed by atoms with Crippen LogP contribution in [0.4, 0.5) is 14.6 Å². The van der Waals surface area contributed by atoms with Gasteiger partial charge in [-0.3, -0.25) is 0 Å². The van der Waals surface area contributed by atoms with Gasteiger partial charge in [0.05, 0.1) is 23.1 Å². The van der Waals surface area contributed by atoms with Gasteiger partial charge in [-0.25, -0.2) is 29.1 Å². The molecule has 1 N–H and O–H groups in total. The average Bonchev–Trinajstić information content (AvgIpc) is 3.07. The van der Waals surface area contributed by atoms with E-state index in [4.69, 9.17) is 15.0 Å². The Morgan fingerprint density at radius 2 is 2.00 bits per heavy atom. The maximum Gasteiger partial charge on any atom is 0.333 e. The van der Waals surface area contributed by atoms with E-state index >= 15 is 0 Å². The van der Waals surface area contributed by atoms with Crippen LogP contribution in [0.2, 0.25) is 0 Å². The first-order chi connectivity index (χ1) is 19.4. The highest BCUT2D eigenvalue weighted by atomic mass is 32.2. The quantitative estimate of drug-likeness (QED) is 0.191. The van der Waals surface area contributed by atoms with Crippen molar-refractivity contribution in [3.63, 3.8) is 0 Å². The Bertz CT molecular complexity index is 1570. The third-order valence-electron chi connectivity index (χ3n) is 6.58. The van der Waals surface area contributed by atoms with Gasteiger partial charge in [-0.1, -0.05) is 18.2 Å². The first-order valence-electron chi connectivity index (χ1n) is 12.7. The summed E-state index contributed by atoms with van der Waals surface area (Å²) >= 11 is 1.50. The molecule has 2 atom stereocenters. The average molecular weight is 564 g/mol. The lowest BCUT2D eigenvalue weighted by Gasteiger charge is -2.21. The Hall–Kier alpha value is -4.12. The fourth-order valence-corrected chi connectivity index (χ4v) is 5.99. The number of pyridine rings is 2. The summed E-state index contributed by atoms with van der Waals surface area (Å²) in [4.78, 5) is 23.4. The number of anilines is 1. The lowest BCUT2D eigenvalue weighted by Crippen LogP contribution is -2.24. The highest BCUT2D eigenvalue weighted by Crippen LogP contribution is 2.45. The van der Waals surface area contributed by atoms with Gasteiger partial charge in [0, 0.05) is 42.6 Å². The second-order valence-corrected chi connectivity index (χ2v) is 10.4. The zero-order valence-electron chi connectivity index (χ0n) is 21.9. The van der Waals surface area contributed by atoms with E-state index in [0.717, 1.165) is 34.6 Å². The second kappa shape index (κ2) is 12.0. The van der Waals surface area contributed by atoms with E-state index in [1.54, 1.807) is 25.3 Å². The summed E-state index contributed by atoms with van der Waals surface area (Å²) in [6.07, 6.45) is 1.75. The molecule has 206 valence electrons. The number of thioether (sulfide) groups is 1. The molecule has 40 heavy (non-hydrogen) atoms. The SMILES string of the molecule is CCOC(=O)C(CSC1c2cc(OCc3ccc4cc(F)c(F)cc4n3)ccc2CN(C)c2ncccc21)N=N. The van der Waals surface area contributed by atoms with Crippen molar-refractivity contribution in [2.24, 2.45) is 5.11 Å². The minimum Gasteiger partial charge on any atom is -0.487 e. The summed E-state index contributed by atoms with van der Waals surface area (Å²) < 4.78 is 38.5. The highest BCUT2D eigenvalue weighted by Gasteiger charge is 2.30. The molecule has 2 unspecified atom stereocenters. The van der Waals surface area contributed by atoms with Crippen molar-refractivity contribution in [3.8, 4) is 5.75 Å². The monoisotopic (exact) mass is 563 g/mol. The van der Waals surface area contributed by atoms with E-state index in [1.807, 2.05) is 37.4 Å². The number of halogens is 2. The summed E-state index contributed by atoms with van der Waals surface area (Å²) in [5.41, 5.74) is 11.5. The lowest BCUT2D eigenvalue weighted by molar-refractivity contribution is -0.144. The Balaban J connectivity index is 1.43. The molecule has 5 rings (SSSR count). The lowest BCUT2D eigenvalue weighted by atomic mass is 10.0. The van der Waals surface area contributed by atoms with Crippen molar-refractivity contribution < 1.29 is 23.0 Å². The van der Waals surface area contributed by atoms with Crippen LogP contribution in [0.5, 0.6) is 5.75 Å². The van der Waals surface area contributed by atoms with Gasteiger partial charge in [0.15, 0.2) is 17.7 Å². The van der Waals surface area contributed by atoms with Gasteiger partial charge in [0.1, 0.15) is 18.2 Å². The Morgan fingerprint density at radius 1 is 1.18 bits per heavy atom. The van der Waals surface area contributed by atoms with Crippen molar-refractivity contribution in [2.75, 3.05) is 24.3 Å². The summed E-state index contributed by atoms with van der Waals surface area (Å²) in [6, 6.07) is 14.4. The van der Waals surface area contributed by atoms with Gasteiger partial charge in [-0.15, -0.1) is 11.8 Å². The maximum absolute atomic E-state index is 13.7. The van der Waals surface area contributed by atoms with Crippen LogP contribution in [0.15, 0.2) is 65.9 Å². The van der Waals surface area contributed by atoms with Crippen LogP contribution in [0.3, 0.4) is 0 Å². The summed E-state index contributed by atoms with van der Waals surface area (Å²) in [6.45, 7) is 2.69. The van der Waals surface area contributed by atoms with Crippen molar-refractivity contribution in [1.82, 2.24) is 9.97 Å². The zero-order valence-corrected chi connectivity index (χ0v) is 22.8. The molecule has 4 aromatic rings. The molecular formula is C29H27F2N5O3S. The van der Waals surface area contributed by atoms with Crippen molar-refractivity contribution in [1.29, 1.82) is 5.53 Å². The number of carbonyl (C=O) groups is 1. The van der Waals surface area contributed by atoms with Gasteiger partial charge in [0.2, 0.25) is 0 Å². The van der Waals surface area contributed by atoms with E-state index in [1.165, 1.54) is 11.8 Å². The number of rotatable bonds is 9. The van der Waals surface area contributed by atoms with Crippen LogP contribution in [0.1, 0.15) is 34.6 Å². The third-order valence-corrected chi connectivity index (χ3v) is 7.93. The fraction of sp³-hybridized carbons (Fsp3) is 0.276. The first-order valence-corrected chi connectivity index (χ1v) is 13.7. The Labute approximate surface area is 234 Å². The van der Waals surface area contributed by atoms with Crippen LogP contribution < -0.4 is 9.64 Å². The standard InChI is InChI=1S/C29H27F2N5O3S/c1-3-38-29(37)26(35-32)16-40-27-21-5-4-10-33-28(21)36(2)14-18-7-9-20(12-22(18)27)39-15-19-8-6-17-11-23(30)24(31)13-25(17)34-19/h4-13,26-27,32H,3,14-16H2,1-2H3. The molecule has 0 saturated heterocycles. The topological polar surface area (TPSA) is 101 Å². The van der Waals surface area contributed by atoms with Crippen molar-refractivity contribution in [3.05, 3.63) is 94.8 Å². The number of nitrogens with zero attached hydrogens (tertiary/aromatic N) is 4. The predicted octanol–water partition coefficient (Wildman–Crippen LogP) is 6.22. The highest BCUT2D eigenvalue weighted by molar-refractivity contribution is 7.99. The largest absolute Gasteiger partial charge is 0.487 e. The van der Waals surface area contributed by atoms with Crippen LogP contribution in [-0.4, -0.2) is 41.4 Å². The Kier molecular flexibility index (Phi) is 8.20. The molecule has 2 aromatic carbocycles. The summed E-state index contributed by atoms with van der Waals surface area (Å²) in [5.74, 6) is -0.686. The maximum atomic E-state index is 13.7. The van der Waals surface area contributed by atoms with Crippen LogP contribution >= 0.6 is 11.8 Å². The molecule has 1 aliphatic rings. The van der Waals surface area contributed by atoms with E-state index in [2.05, 4.69) is 20.0 Å². The number of ether oxygens (including phenoxy) is 2. The Morgan fingerprint density at radius 3 is 2.80 bits per heavy atom. The van der Waals surface area contributed by atoms with Crippen LogP contribution in [0.25, 0.3) is 10.9 Å². The smallest absolute Gasteiger partial charge is 0.333 e. The molecule has 2 aromatic heterocycles. The normalized spacial score (nSPS) is 15.1. The van der Waals surface area contributed by atoms with Gasteiger partial charge < -0.3 is 14.4 Å². The molecule has 1 aliphatic heterocycles. The molecule has 8 nitrogen and oxygen atoms in total. The summed E-state index contributed by atoms with van der Waals surface area (Å²) in [7, 11) is 1.98. The van der Waals surface area contributed by atoms with Crippen LogP contribution in [0, 0.1) is 17.2 Å². The fourth-order valence-electron chi connectivity index (χ4n) is 4.64. The van der Waals surface area contributed by atoms with Crippen molar-refractivity contribution >= 4 is 34.5 Å². The number of esters is 1. The number of nitrogens with one attached hydrogen (secondary N) is 1. The number of hydrogen-bond donors (Lipinski definition) is 1. The summed E-state index contributed by atoms with van der Waals surface area (Å²) in [5, 5.41) is 3.80. The van der Waals surface area contributed by atoms with Crippen LogP contribution in [-0.2, 0) is 22.7 Å².